The van der Waals surface area contributed by atoms with Crippen LogP contribution in [0.1, 0.15) is 86.5 Å². The van der Waals surface area contributed by atoms with Crippen molar-refractivity contribution in [2.24, 2.45) is 0 Å². The smallest absolute Gasteiger partial charge is 0.169 e. The summed E-state index contributed by atoms with van der Waals surface area (Å²) in [6.07, 6.45) is 7.74. The van der Waals surface area contributed by atoms with Crippen molar-refractivity contribution in [3.63, 3.8) is 0 Å². The molecule has 0 saturated carbocycles. The van der Waals surface area contributed by atoms with Gasteiger partial charge in [0.05, 0.1) is 23.3 Å². The zero-order valence-corrected chi connectivity index (χ0v) is 21.0. The van der Waals surface area contributed by atoms with Gasteiger partial charge in [-0.3, -0.25) is 4.79 Å². The highest BCUT2D eigenvalue weighted by Crippen LogP contribution is 2.42. The first-order chi connectivity index (χ1) is 16.3. The molecule has 2 aromatic carbocycles. The van der Waals surface area contributed by atoms with Gasteiger partial charge in [0.2, 0.25) is 0 Å². The van der Waals surface area contributed by atoms with E-state index in [0.717, 1.165) is 31.5 Å². The molecule has 0 fully saturated rings. The van der Waals surface area contributed by atoms with Crippen molar-refractivity contribution in [1.29, 1.82) is 0 Å². The Kier molecular flexibility index (Phi) is 6.79. The number of nitrogens with one attached hydrogen (secondary N) is 1. The maximum Gasteiger partial charge on any atom is 0.169 e. The molecule has 1 N–H and O–H groups in total. The van der Waals surface area contributed by atoms with Crippen molar-refractivity contribution < 1.29 is 4.79 Å². The van der Waals surface area contributed by atoms with Gasteiger partial charge >= 0.3 is 0 Å². The summed E-state index contributed by atoms with van der Waals surface area (Å²) < 4.78 is 2.00. The SMILES string of the molecule is C=CCc1ccc(C(CC)(CC)CC(=O)c2cnn3c2NC(c2ccccc2)CC3(C)C)cc1. The number of allylic oxidation sites excluding steroid dienone is 1. The summed E-state index contributed by atoms with van der Waals surface area (Å²) in [4.78, 5) is 13.8. The van der Waals surface area contributed by atoms with Crippen LogP contribution in [-0.4, -0.2) is 15.6 Å². The summed E-state index contributed by atoms with van der Waals surface area (Å²) in [5, 5.41) is 8.32. The van der Waals surface area contributed by atoms with Crippen molar-refractivity contribution in [3.05, 3.63) is 95.7 Å². The van der Waals surface area contributed by atoms with Crippen LogP contribution >= 0.6 is 0 Å². The number of benzene rings is 2. The van der Waals surface area contributed by atoms with E-state index in [9.17, 15) is 4.79 Å². The maximum atomic E-state index is 13.8. The molecule has 1 aliphatic heterocycles. The van der Waals surface area contributed by atoms with E-state index in [1.807, 2.05) is 16.8 Å². The molecule has 34 heavy (non-hydrogen) atoms. The number of carbonyl (C=O) groups excluding carboxylic acids is 1. The van der Waals surface area contributed by atoms with Crippen LogP contribution in [0.25, 0.3) is 0 Å². The van der Waals surface area contributed by atoms with Crippen LogP contribution in [0.3, 0.4) is 0 Å². The molecular weight excluding hydrogens is 418 g/mol. The van der Waals surface area contributed by atoms with E-state index in [2.05, 4.69) is 93.2 Å². The molecule has 3 aromatic rings. The largest absolute Gasteiger partial charge is 0.363 e. The number of nitrogens with zero attached hydrogens (tertiary/aromatic N) is 2. The molecular formula is C30H37N3O. The van der Waals surface area contributed by atoms with Crippen molar-refractivity contribution in [2.45, 2.75) is 76.8 Å². The number of Topliss-reactive ketones (excluding diaryl/α,β-unsaturated/α-hetero) is 1. The van der Waals surface area contributed by atoms with E-state index < -0.39 is 0 Å². The van der Waals surface area contributed by atoms with Crippen LogP contribution in [0.5, 0.6) is 0 Å². The molecule has 1 aromatic heterocycles. The Labute approximate surface area is 204 Å². The van der Waals surface area contributed by atoms with E-state index in [0.29, 0.717) is 12.0 Å². The predicted molar refractivity (Wildman–Crippen MR) is 141 cm³/mol. The summed E-state index contributed by atoms with van der Waals surface area (Å²) in [7, 11) is 0. The highest BCUT2D eigenvalue weighted by atomic mass is 16.1. The average Bonchev–Trinajstić information content (AvgIpc) is 3.29. The minimum atomic E-state index is -0.193. The van der Waals surface area contributed by atoms with Crippen molar-refractivity contribution >= 4 is 11.6 Å². The Bertz CT molecular complexity index is 1140. The highest BCUT2D eigenvalue weighted by molar-refractivity contribution is 6.01. The van der Waals surface area contributed by atoms with Crippen molar-refractivity contribution in [2.75, 3.05) is 5.32 Å². The molecule has 2 heterocycles. The van der Waals surface area contributed by atoms with Gasteiger partial charge in [0.25, 0.3) is 0 Å². The van der Waals surface area contributed by atoms with Gasteiger partial charge in [-0.05, 0) is 56.2 Å². The summed E-state index contributed by atoms with van der Waals surface area (Å²) >= 11 is 0. The van der Waals surface area contributed by atoms with Crippen molar-refractivity contribution in [3.8, 4) is 0 Å². The van der Waals surface area contributed by atoms with Gasteiger partial charge in [-0.25, -0.2) is 4.68 Å². The molecule has 0 amide bonds. The summed E-state index contributed by atoms with van der Waals surface area (Å²) in [6, 6.07) is 19.3. The normalized spacial score (nSPS) is 17.0. The van der Waals surface area contributed by atoms with Crippen LogP contribution in [0.4, 0.5) is 5.82 Å². The van der Waals surface area contributed by atoms with Gasteiger partial charge in [0, 0.05) is 11.8 Å². The quantitative estimate of drug-likeness (QED) is 0.273. The van der Waals surface area contributed by atoms with E-state index >= 15 is 0 Å². The fraction of sp³-hybridized carbons (Fsp3) is 0.400. The molecule has 0 saturated heterocycles. The molecule has 4 nitrogen and oxygen atoms in total. The lowest BCUT2D eigenvalue weighted by Crippen LogP contribution is -2.38. The Hall–Kier alpha value is -3.14. The fourth-order valence-electron chi connectivity index (χ4n) is 5.41. The van der Waals surface area contributed by atoms with Crippen molar-refractivity contribution in [1.82, 2.24) is 9.78 Å². The van der Waals surface area contributed by atoms with Gasteiger partial charge in [0.1, 0.15) is 5.82 Å². The van der Waals surface area contributed by atoms with Crippen LogP contribution in [0.15, 0.2) is 73.4 Å². The minimum Gasteiger partial charge on any atom is -0.363 e. The third-order valence-electron chi connectivity index (χ3n) is 7.66. The maximum absolute atomic E-state index is 13.8. The molecule has 178 valence electrons. The standard InChI is InChI=1S/C30H37N3O/c1-6-12-22-15-17-24(18-16-22)30(7-2,8-3)20-27(34)25-21-31-33-28(25)32-26(19-29(33,4)5)23-13-10-9-11-14-23/h6,9-11,13-18,21,26,32H,1,7-8,12,19-20H2,2-5H3. The molecule has 4 rings (SSSR count). The second-order valence-corrected chi connectivity index (χ2v) is 10.2. The highest BCUT2D eigenvalue weighted by Gasteiger charge is 2.38. The second-order valence-electron chi connectivity index (χ2n) is 10.2. The lowest BCUT2D eigenvalue weighted by molar-refractivity contribution is 0.0944. The van der Waals surface area contributed by atoms with Gasteiger partial charge < -0.3 is 5.32 Å². The molecule has 0 spiro atoms. The number of ketones is 1. The minimum absolute atomic E-state index is 0.145. The zero-order valence-electron chi connectivity index (χ0n) is 21.0. The Morgan fingerprint density at radius 1 is 1.15 bits per heavy atom. The topological polar surface area (TPSA) is 46.9 Å². The zero-order chi connectivity index (χ0) is 24.3. The number of carbonyl (C=O) groups is 1. The number of fused-ring (bicyclic) bond motifs is 1. The first-order valence-electron chi connectivity index (χ1n) is 12.5. The Balaban J connectivity index is 1.65. The molecule has 4 heteroatoms. The first kappa shape index (κ1) is 24.0. The van der Waals surface area contributed by atoms with E-state index in [1.165, 1.54) is 16.7 Å². The van der Waals surface area contributed by atoms with Crippen LogP contribution < -0.4 is 5.32 Å². The monoisotopic (exact) mass is 455 g/mol. The van der Waals surface area contributed by atoms with Crippen LogP contribution in [-0.2, 0) is 17.4 Å². The predicted octanol–water partition coefficient (Wildman–Crippen LogP) is 7.23. The number of rotatable bonds is 9. The molecule has 1 aliphatic rings. The molecule has 1 atom stereocenters. The Morgan fingerprint density at radius 3 is 2.44 bits per heavy atom. The molecule has 0 radical (unpaired) electrons. The lowest BCUT2D eigenvalue weighted by Gasteiger charge is -2.38. The first-order valence-corrected chi connectivity index (χ1v) is 12.5. The number of anilines is 1. The third kappa shape index (κ3) is 4.46. The van der Waals surface area contributed by atoms with E-state index in [4.69, 9.17) is 0 Å². The van der Waals surface area contributed by atoms with Gasteiger partial charge in [-0.2, -0.15) is 5.10 Å². The van der Waals surface area contributed by atoms with E-state index in [1.54, 1.807) is 6.20 Å². The molecule has 1 unspecified atom stereocenters. The lowest BCUT2D eigenvalue weighted by atomic mass is 9.71. The third-order valence-corrected chi connectivity index (χ3v) is 7.66. The number of hydrogen-bond acceptors (Lipinski definition) is 3. The van der Waals surface area contributed by atoms with Gasteiger partial charge in [-0.1, -0.05) is 74.5 Å². The van der Waals surface area contributed by atoms with Gasteiger partial charge in [-0.15, -0.1) is 6.58 Å². The van der Waals surface area contributed by atoms with E-state index in [-0.39, 0.29) is 22.8 Å². The van der Waals surface area contributed by atoms with Gasteiger partial charge in [0.15, 0.2) is 5.78 Å². The summed E-state index contributed by atoms with van der Waals surface area (Å²) in [5.74, 6) is 0.995. The second kappa shape index (κ2) is 9.61. The average molecular weight is 456 g/mol. The number of aromatic nitrogens is 2. The molecule has 0 aliphatic carbocycles. The molecule has 0 bridgehead atoms. The number of hydrogen-bond donors (Lipinski definition) is 1. The van der Waals surface area contributed by atoms with Crippen LogP contribution in [0, 0.1) is 0 Å². The summed E-state index contributed by atoms with van der Waals surface area (Å²) in [5.41, 5.74) is 4.03. The fourth-order valence-corrected chi connectivity index (χ4v) is 5.41. The summed E-state index contributed by atoms with van der Waals surface area (Å²) in [6.45, 7) is 12.6. The Morgan fingerprint density at radius 2 is 1.82 bits per heavy atom. The van der Waals surface area contributed by atoms with Crippen LogP contribution in [0.2, 0.25) is 0 Å².